The molecule has 5 nitrogen and oxygen atoms in total. The molecule has 0 aliphatic heterocycles. The minimum absolute atomic E-state index is 0.342. The van der Waals surface area contributed by atoms with Gasteiger partial charge in [-0.1, -0.05) is 21.5 Å². The molecule has 0 unspecified atom stereocenters. The molecule has 0 saturated carbocycles. The minimum atomic E-state index is -0.642. The maximum atomic E-state index is 10.7. The molecule has 92 valence electrons. The monoisotopic (exact) mass is 300 g/mol. The number of rotatable bonds is 4. The molecular formula is C11H13BrN2O3. The molecule has 0 aromatic heterocycles. The Bertz CT molecular complexity index is 474. The number of nitro benzene ring substituents is 1. The Morgan fingerprint density at radius 3 is 2.76 bits per heavy atom. The number of hydrogen-bond donors (Lipinski definition) is 2. The third-order valence-corrected chi connectivity index (χ3v) is 2.71. The van der Waals surface area contributed by atoms with Gasteiger partial charge in [0.25, 0.3) is 0 Å². The van der Waals surface area contributed by atoms with Gasteiger partial charge in [-0.25, -0.2) is 0 Å². The van der Waals surface area contributed by atoms with Crippen molar-refractivity contribution in [1.29, 1.82) is 0 Å². The van der Waals surface area contributed by atoms with Gasteiger partial charge < -0.3 is 10.8 Å². The molecular weight excluding hydrogens is 288 g/mol. The highest BCUT2D eigenvalue weighted by atomic mass is 79.9. The zero-order valence-corrected chi connectivity index (χ0v) is 10.9. The van der Waals surface area contributed by atoms with Gasteiger partial charge in [0, 0.05) is 22.1 Å². The van der Waals surface area contributed by atoms with Crippen LogP contribution in [0.3, 0.4) is 0 Å². The van der Waals surface area contributed by atoms with Crippen molar-refractivity contribution in [2.75, 3.05) is 0 Å². The summed E-state index contributed by atoms with van der Waals surface area (Å²) in [6, 6.07) is 2.31. The molecule has 0 saturated heterocycles. The Morgan fingerprint density at radius 2 is 2.29 bits per heavy atom. The Balaban J connectivity index is 3.24. The smallest absolute Gasteiger partial charge is 0.312 e. The third-order valence-electron chi connectivity index (χ3n) is 2.25. The first-order valence-electron chi connectivity index (χ1n) is 4.89. The summed E-state index contributed by atoms with van der Waals surface area (Å²) in [5.41, 5.74) is 6.70. The Morgan fingerprint density at radius 1 is 1.71 bits per heavy atom. The standard InChI is InChI=1S/C11H13BrN2O3/c1-6(2)3-9(13)8-4-7(12)5-10(11(8)15)14(16)17/h4-5,9,15H,1,3,13H2,2H3/t9-/m1/s1. The third kappa shape index (κ3) is 3.28. The average Bonchev–Trinajstić information content (AvgIpc) is 2.19. The van der Waals surface area contributed by atoms with Gasteiger partial charge >= 0.3 is 5.69 Å². The molecule has 0 aliphatic carbocycles. The van der Waals surface area contributed by atoms with Crippen LogP contribution in [0.1, 0.15) is 24.9 Å². The molecule has 3 N–H and O–H groups in total. The van der Waals surface area contributed by atoms with Gasteiger partial charge in [0.05, 0.1) is 4.92 Å². The van der Waals surface area contributed by atoms with Gasteiger partial charge in [0.1, 0.15) is 0 Å². The van der Waals surface area contributed by atoms with E-state index in [-0.39, 0.29) is 11.4 Å². The molecule has 0 fully saturated rings. The lowest BCUT2D eigenvalue weighted by atomic mass is 10.00. The molecule has 1 atom stereocenters. The summed E-state index contributed by atoms with van der Waals surface area (Å²) in [6.45, 7) is 5.53. The fourth-order valence-corrected chi connectivity index (χ4v) is 1.98. The molecule has 1 aromatic rings. The van der Waals surface area contributed by atoms with E-state index in [0.717, 1.165) is 5.57 Å². The number of hydrogen-bond acceptors (Lipinski definition) is 4. The van der Waals surface area contributed by atoms with E-state index in [9.17, 15) is 15.2 Å². The lowest BCUT2D eigenvalue weighted by Gasteiger charge is -2.14. The van der Waals surface area contributed by atoms with Gasteiger partial charge in [-0.2, -0.15) is 0 Å². The van der Waals surface area contributed by atoms with Crippen LogP contribution in [0.2, 0.25) is 0 Å². The number of phenols is 1. The number of nitrogens with two attached hydrogens (primary N) is 1. The van der Waals surface area contributed by atoms with Crippen LogP contribution in [0, 0.1) is 10.1 Å². The van der Waals surface area contributed by atoms with E-state index in [2.05, 4.69) is 22.5 Å². The summed E-state index contributed by atoms with van der Waals surface area (Å²) in [6.07, 6.45) is 0.459. The fourth-order valence-electron chi connectivity index (χ4n) is 1.51. The first-order chi connectivity index (χ1) is 7.82. The summed E-state index contributed by atoms with van der Waals surface area (Å²) in [7, 11) is 0. The number of phenolic OH excluding ortho intramolecular Hbond substituents is 1. The lowest BCUT2D eigenvalue weighted by molar-refractivity contribution is -0.386. The van der Waals surface area contributed by atoms with Crippen LogP contribution >= 0.6 is 15.9 Å². The predicted octanol–water partition coefficient (Wildman–Crippen LogP) is 3.03. The highest BCUT2D eigenvalue weighted by Crippen LogP contribution is 2.37. The van der Waals surface area contributed by atoms with Gasteiger partial charge in [0.15, 0.2) is 5.75 Å². The Kier molecular flexibility index (Phi) is 4.25. The number of aromatic hydroxyl groups is 1. The van der Waals surface area contributed by atoms with Crippen LogP contribution in [0.5, 0.6) is 5.75 Å². The van der Waals surface area contributed by atoms with Crippen LogP contribution in [-0.4, -0.2) is 10.0 Å². The predicted molar refractivity (Wildman–Crippen MR) is 68.8 cm³/mol. The highest BCUT2D eigenvalue weighted by molar-refractivity contribution is 9.10. The Hall–Kier alpha value is -1.40. The number of benzene rings is 1. The lowest BCUT2D eigenvalue weighted by Crippen LogP contribution is -2.11. The van der Waals surface area contributed by atoms with E-state index in [1.54, 1.807) is 6.07 Å². The molecule has 17 heavy (non-hydrogen) atoms. The zero-order valence-electron chi connectivity index (χ0n) is 9.31. The van der Waals surface area contributed by atoms with E-state index < -0.39 is 11.0 Å². The highest BCUT2D eigenvalue weighted by Gasteiger charge is 2.22. The maximum absolute atomic E-state index is 10.7. The van der Waals surface area contributed by atoms with Gasteiger partial charge in [-0.15, -0.1) is 6.58 Å². The number of halogens is 1. The van der Waals surface area contributed by atoms with Crippen LogP contribution < -0.4 is 5.73 Å². The van der Waals surface area contributed by atoms with E-state index in [0.29, 0.717) is 16.5 Å². The minimum Gasteiger partial charge on any atom is -0.502 e. The second-order valence-electron chi connectivity index (χ2n) is 3.89. The van der Waals surface area contributed by atoms with Gasteiger partial charge in [-0.05, 0) is 19.4 Å². The van der Waals surface area contributed by atoms with Crippen molar-refractivity contribution >= 4 is 21.6 Å². The summed E-state index contributed by atoms with van der Waals surface area (Å²) in [5.74, 6) is -0.382. The fraction of sp³-hybridized carbons (Fsp3) is 0.273. The second kappa shape index (κ2) is 5.29. The molecule has 1 aromatic carbocycles. The molecule has 0 amide bonds. The van der Waals surface area contributed by atoms with Crippen molar-refractivity contribution in [1.82, 2.24) is 0 Å². The van der Waals surface area contributed by atoms with Crippen molar-refractivity contribution < 1.29 is 10.0 Å². The van der Waals surface area contributed by atoms with E-state index in [1.807, 2.05) is 6.92 Å². The van der Waals surface area contributed by atoms with Crippen molar-refractivity contribution in [2.24, 2.45) is 5.73 Å². The first-order valence-corrected chi connectivity index (χ1v) is 5.69. The van der Waals surface area contributed by atoms with E-state index in [1.165, 1.54) is 6.07 Å². The largest absolute Gasteiger partial charge is 0.502 e. The van der Waals surface area contributed by atoms with E-state index in [4.69, 9.17) is 5.73 Å². The summed E-state index contributed by atoms with van der Waals surface area (Å²) in [5, 5.41) is 20.5. The molecule has 0 radical (unpaired) electrons. The van der Waals surface area contributed by atoms with Gasteiger partial charge in [0.2, 0.25) is 0 Å². The number of nitrogens with zero attached hydrogens (tertiary/aromatic N) is 1. The van der Waals surface area contributed by atoms with Crippen molar-refractivity contribution in [2.45, 2.75) is 19.4 Å². The van der Waals surface area contributed by atoms with Crippen LogP contribution in [0.4, 0.5) is 5.69 Å². The summed E-state index contributed by atoms with van der Waals surface area (Å²) >= 11 is 3.16. The molecule has 0 bridgehead atoms. The van der Waals surface area contributed by atoms with Gasteiger partial charge in [-0.3, -0.25) is 10.1 Å². The Labute approximate surface area is 107 Å². The topological polar surface area (TPSA) is 89.4 Å². The summed E-state index contributed by atoms with van der Waals surface area (Å²) < 4.78 is 0.508. The average molecular weight is 301 g/mol. The molecule has 1 rings (SSSR count). The van der Waals surface area contributed by atoms with Crippen LogP contribution in [0.25, 0.3) is 0 Å². The van der Waals surface area contributed by atoms with Crippen molar-refractivity contribution in [3.05, 3.63) is 44.4 Å². The van der Waals surface area contributed by atoms with Crippen LogP contribution in [-0.2, 0) is 0 Å². The molecule has 0 spiro atoms. The molecule has 6 heteroatoms. The number of nitro groups is 1. The second-order valence-corrected chi connectivity index (χ2v) is 4.80. The van der Waals surface area contributed by atoms with Crippen molar-refractivity contribution in [3.63, 3.8) is 0 Å². The van der Waals surface area contributed by atoms with E-state index >= 15 is 0 Å². The molecule has 0 aliphatic rings. The SMILES string of the molecule is C=C(C)C[C@@H](N)c1cc(Br)cc([N+](=O)[O-])c1O. The summed E-state index contributed by atoms with van der Waals surface area (Å²) in [4.78, 5) is 10.1. The maximum Gasteiger partial charge on any atom is 0.312 e. The normalized spacial score (nSPS) is 12.2. The zero-order chi connectivity index (χ0) is 13.2. The quantitative estimate of drug-likeness (QED) is 0.508. The van der Waals surface area contributed by atoms with Crippen molar-refractivity contribution in [3.8, 4) is 5.75 Å². The first kappa shape index (κ1) is 13.7. The van der Waals surface area contributed by atoms with Crippen LogP contribution in [0.15, 0.2) is 28.8 Å². The molecule has 0 heterocycles.